The molecule has 2 aromatic rings. The van der Waals surface area contributed by atoms with Crippen molar-refractivity contribution >= 4 is 5.69 Å². The van der Waals surface area contributed by atoms with Gasteiger partial charge in [-0.1, -0.05) is 12.1 Å². The Hall–Kier alpha value is -1.81. The second-order valence-corrected chi connectivity index (χ2v) is 7.16. The Balaban J connectivity index is 1.29. The predicted molar refractivity (Wildman–Crippen MR) is 98.4 cm³/mol. The third kappa shape index (κ3) is 3.48. The molecule has 1 fully saturated rings. The van der Waals surface area contributed by atoms with Gasteiger partial charge in [-0.3, -0.25) is 0 Å². The van der Waals surface area contributed by atoms with Crippen molar-refractivity contribution in [3.63, 3.8) is 0 Å². The number of nitrogens with one attached hydrogen (secondary N) is 1. The quantitative estimate of drug-likeness (QED) is 0.913. The number of hydrogen-bond donors (Lipinski definition) is 1. The monoisotopic (exact) mass is 324 g/mol. The predicted octanol–water partition coefficient (Wildman–Crippen LogP) is 3.54. The summed E-state index contributed by atoms with van der Waals surface area (Å²) in [5.74, 6) is 1.82. The highest BCUT2D eigenvalue weighted by atomic mass is 15.1. The van der Waals surface area contributed by atoms with Crippen LogP contribution >= 0.6 is 0 Å². The van der Waals surface area contributed by atoms with E-state index in [1.54, 1.807) is 0 Å². The molecule has 1 aromatic carbocycles. The Bertz CT molecular complexity index is 640. The number of nitrogens with zero attached hydrogens (tertiary/aromatic N) is 3. The molecule has 4 heteroatoms. The maximum absolute atomic E-state index is 4.54. The number of benzene rings is 1. The van der Waals surface area contributed by atoms with Gasteiger partial charge in [-0.15, -0.1) is 0 Å². The molecule has 128 valence electrons. The van der Waals surface area contributed by atoms with Gasteiger partial charge in [-0.05, 0) is 49.8 Å². The molecule has 1 aromatic heterocycles. The smallest absolute Gasteiger partial charge is 0.113 e. The Morgan fingerprint density at radius 2 is 1.83 bits per heavy atom. The van der Waals surface area contributed by atoms with Crippen molar-refractivity contribution in [1.82, 2.24) is 14.9 Å². The molecule has 1 atom stereocenters. The van der Waals surface area contributed by atoms with Crippen LogP contribution in [0.15, 0.2) is 36.7 Å². The lowest BCUT2D eigenvalue weighted by atomic mass is 9.99. The van der Waals surface area contributed by atoms with E-state index in [9.17, 15) is 0 Å². The summed E-state index contributed by atoms with van der Waals surface area (Å²) in [6, 6.07) is 9.13. The van der Waals surface area contributed by atoms with Gasteiger partial charge in [0.15, 0.2) is 0 Å². The molecule has 0 spiro atoms. The number of aromatic nitrogens is 2. The van der Waals surface area contributed by atoms with Crippen molar-refractivity contribution in [1.29, 1.82) is 0 Å². The second-order valence-electron chi connectivity index (χ2n) is 7.16. The molecule has 0 amide bonds. The van der Waals surface area contributed by atoms with Crippen LogP contribution in [-0.4, -0.2) is 29.2 Å². The zero-order chi connectivity index (χ0) is 16.2. The van der Waals surface area contributed by atoms with Gasteiger partial charge >= 0.3 is 0 Å². The number of aryl methyl sites for hydroxylation is 1. The SMILES string of the molecule is c1cn2c(n1)[C@H](CNCc1ccc(N3CCCCC3)cc1)CCC2. The fourth-order valence-corrected chi connectivity index (χ4v) is 4.07. The molecule has 0 saturated carbocycles. The van der Waals surface area contributed by atoms with Crippen LogP contribution in [0.1, 0.15) is 49.4 Å². The number of hydrogen-bond acceptors (Lipinski definition) is 3. The molecule has 0 aliphatic carbocycles. The first kappa shape index (κ1) is 15.7. The Morgan fingerprint density at radius 1 is 1.00 bits per heavy atom. The van der Waals surface area contributed by atoms with Crippen LogP contribution in [0.2, 0.25) is 0 Å². The van der Waals surface area contributed by atoms with Crippen molar-refractivity contribution in [3.05, 3.63) is 48.0 Å². The highest BCUT2D eigenvalue weighted by molar-refractivity contribution is 5.47. The summed E-state index contributed by atoms with van der Waals surface area (Å²) in [5, 5.41) is 3.63. The van der Waals surface area contributed by atoms with Crippen LogP contribution in [0.5, 0.6) is 0 Å². The van der Waals surface area contributed by atoms with E-state index in [-0.39, 0.29) is 0 Å². The van der Waals surface area contributed by atoms with Crippen molar-refractivity contribution in [2.45, 2.75) is 51.1 Å². The molecule has 0 radical (unpaired) electrons. The van der Waals surface area contributed by atoms with E-state index < -0.39 is 0 Å². The number of fused-ring (bicyclic) bond motifs is 1. The standard InChI is InChI=1S/C20H28N4/c1-2-11-23(12-3-1)19-8-6-17(7-9-19)15-21-16-18-5-4-13-24-14-10-22-20(18)24/h6-10,14,18,21H,1-5,11-13,15-16H2/t18-/m0/s1. The van der Waals surface area contributed by atoms with Crippen molar-refractivity contribution in [2.24, 2.45) is 0 Å². The second kappa shape index (κ2) is 7.39. The Morgan fingerprint density at radius 3 is 2.67 bits per heavy atom. The van der Waals surface area contributed by atoms with Crippen molar-refractivity contribution in [2.75, 3.05) is 24.5 Å². The van der Waals surface area contributed by atoms with Gasteiger partial charge in [0.25, 0.3) is 0 Å². The summed E-state index contributed by atoms with van der Waals surface area (Å²) >= 11 is 0. The van der Waals surface area contributed by atoms with Gasteiger partial charge in [0.1, 0.15) is 5.82 Å². The van der Waals surface area contributed by atoms with Crippen molar-refractivity contribution in [3.8, 4) is 0 Å². The third-order valence-corrected chi connectivity index (χ3v) is 5.44. The van der Waals surface area contributed by atoms with Crippen LogP contribution < -0.4 is 10.2 Å². The fourth-order valence-electron chi connectivity index (χ4n) is 4.07. The summed E-state index contributed by atoms with van der Waals surface area (Å²) in [6.07, 6.45) is 10.6. The molecule has 1 N–H and O–H groups in total. The van der Waals surface area contributed by atoms with Gasteiger partial charge in [-0.2, -0.15) is 0 Å². The summed E-state index contributed by atoms with van der Waals surface area (Å²) in [4.78, 5) is 7.06. The van der Waals surface area contributed by atoms with E-state index in [1.807, 2.05) is 6.20 Å². The molecular weight excluding hydrogens is 296 g/mol. The molecule has 4 nitrogen and oxygen atoms in total. The zero-order valence-electron chi connectivity index (χ0n) is 14.5. The molecule has 4 rings (SSSR count). The maximum Gasteiger partial charge on any atom is 0.113 e. The first-order chi connectivity index (χ1) is 11.9. The Kier molecular flexibility index (Phi) is 4.83. The van der Waals surface area contributed by atoms with Crippen LogP contribution in [-0.2, 0) is 13.1 Å². The van der Waals surface area contributed by atoms with E-state index >= 15 is 0 Å². The number of piperidine rings is 1. The summed E-state index contributed by atoms with van der Waals surface area (Å²) < 4.78 is 2.31. The lowest BCUT2D eigenvalue weighted by Gasteiger charge is -2.29. The molecule has 1 saturated heterocycles. The highest BCUT2D eigenvalue weighted by Crippen LogP contribution is 2.25. The summed E-state index contributed by atoms with van der Waals surface area (Å²) in [7, 11) is 0. The molecule has 0 bridgehead atoms. The van der Waals surface area contributed by atoms with Crippen molar-refractivity contribution < 1.29 is 0 Å². The van der Waals surface area contributed by atoms with Crippen LogP contribution in [0.3, 0.4) is 0 Å². The van der Waals surface area contributed by atoms with E-state index in [0.29, 0.717) is 5.92 Å². The van der Waals surface area contributed by atoms with Gasteiger partial charge in [0, 0.05) is 56.7 Å². The van der Waals surface area contributed by atoms with Gasteiger partial charge in [0.2, 0.25) is 0 Å². The summed E-state index contributed by atoms with van der Waals surface area (Å²) in [5.41, 5.74) is 2.75. The minimum absolute atomic E-state index is 0.557. The normalized spacial score (nSPS) is 20.8. The lowest BCUT2D eigenvalue weighted by Crippen LogP contribution is -2.29. The van der Waals surface area contributed by atoms with Crippen LogP contribution in [0.25, 0.3) is 0 Å². The minimum atomic E-state index is 0.557. The first-order valence-electron chi connectivity index (χ1n) is 9.46. The fraction of sp³-hybridized carbons (Fsp3) is 0.550. The van der Waals surface area contributed by atoms with E-state index in [2.05, 4.69) is 50.2 Å². The third-order valence-electron chi connectivity index (χ3n) is 5.44. The first-order valence-corrected chi connectivity index (χ1v) is 9.46. The van der Waals surface area contributed by atoms with Gasteiger partial charge in [0.05, 0.1) is 0 Å². The van der Waals surface area contributed by atoms with E-state index in [1.165, 1.54) is 62.3 Å². The largest absolute Gasteiger partial charge is 0.372 e. The Labute approximate surface area is 144 Å². The van der Waals surface area contributed by atoms with E-state index in [4.69, 9.17) is 0 Å². The molecule has 2 aliphatic heterocycles. The number of imidazole rings is 1. The molecule has 2 aliphatic rings. The van der Waals surface area contributed by atoms with Crippen LogP contribution in [0, 0.1) is 0 Å². The van der Waals surface area contributed by atoms with E-state index in [0.717, 1.165) is 19.6 Å². The molecule has 0 unspecified atom stereocenters. The van der Waals surface area contributed by atoms with Crippen LogP contribution in [0.4, 0.5) is 5.69 Å². The molecule has 24 heavy (non-hydrogen) atoms. The zero-order valence-corrected chi connectivity index (χ0v) is 14.5. The molecular formula is C20H28N4. The summed E-state index contributed by atoms with van der Waals surface area (Å²) in [6.45, 7) is 5.52. The maximum atomic E-state index is 4.54. The molecule has 3 heterocycles. The lowest BCUT2D eigenvalue weighted by molar-refractivity contribution is 0.423. The average Bonchev–Trinajstić information content (AvgIpc) is 3.13. The highest BCUT2D eigenvalue weighted by Gasteiger charge is 2.20. The topological polar surface area (TPSA) is 33.1 Å². The van der Waals surface area contributed by atoms with Gasteiger partial charge in [-0.25, -0.2) is 4.98 Å². The minimum Gasteiger partial charge on any atom is -0.372 e. The number of rotatable bonds is 5. The number of anilines is 1. The van der Waals surface area contributed by atoms with Gasteiger partial charge < -0.3 is 14.8 Å². The average molecular weight is 324 g/mol.